The molecule has 0 unspecified atom stereocenters. The Morgan fingerprint density at radius 2 is 1.81 bits per heavy atom. The lowest BCUT2D eigenvalue weighted by atomic mass is 10.1. The van der Waals surface area contributed by atoms with E-state index in [1.54, 1.807) is 24.3 Å². The van der Waals surface area contributed by atoms with Gasteiger partial charge in [0.15, 0.2) is 0 Å². The lowest BCUT2D eigenvalue weighted by Crippen LogP contribution is -2.13. The van der Waals surface area contributed by atoms with Crippen LogP contribution in [-0.2, 0) is 4.79 Å². The summed E-state index contributed by atoms with van der Waals surface area (Å²) in [5.41, 5.74) is 0.684. The molecule has 0 bridgehead atoms. The predicted molar refractivity (Wildman–Crippen MR) is 122 cm³/mol. The molecule has 3 aromatic rings. The van der Waals surface area contributed by atoms with Crippen LogP contribution >= 0.6 is 23.3 Å². The molecule has 31 heavy (non-hydrogen) atoms. The maximum absolute atomic E-state index is 12.4. The van der Waals surface area contributed by atoms with Crippen molar-refractivity contribution in [2.24, 2.45) is 0 Å². The summed E-state index contributed by atoms with van der Waals surface area (Å²) in [6.45, 7) is 2.82. The van der Waals surface area contributed by atoms with Crippen LogP contribution in [0.15, 0.2) is 65.3 Å². The Morgan fingerprint density at radius 3 is 2.45 bits per heavy atom. The van der Waals surface area contributed by atoms with Crippen LogP contribution < -0.4 is 14.8 Å². The number of anilines is 1. The highest BCUT2D eigenvalue weighted by Gasteiger charge is 2.13. The number of benzene rings is 2. The van der Waals surface area contributed by atoms with Crippen molar-refractivity contribution in [3.05, 3.63) is 65.7 Å². The second-order valence-corrected chi connectivity index (χ2v) is 8.00. The van der Waals surface area contributed by atoms with E-state index >= 15 is 0 Å². The van der Waals surface area contributed by atoms with Gasteiger partial charge in [0, 0.05) is 11.5 Å². The molecule has 0 saturated heterocycles. The van der Waals surface area contributed by atoms with Gasteiger partial charge in [0.05, 0.1) is 0 Å². The summed E-state index contributed by atoms with van der Waals surface area (Å²) < 4.78 is 15.4. The number of hydrogen-bond acceptors (Lipinski definition) is 8. The monoisotopic (exact) mass is 452 g/mol. The molecule has 0 radical (unpaired) electrons. The van der Waals surface area contributed by atoms with E-state index in [1.165, 1.54) is 17.8 Å². The zero-order valence-corrected chi connectivity index (χ0v) is 18.4. The fraction of sp³-hybridized carbons (Fsp3) is 0.182. The van der Waals surface area contributed by atoms with Gasteiger partial charge in [0.1, 0.15) is 36.4 Å². The van der Waals surface area contributed by atoms with Gasteiger partial charge >= 0.3 is 0 Å². The standard InChI is InChI=1S/C22H20N4O3S2/c1-2-30-22-25-21(31-26-22)24-20(27)17(15-23)14-16-8-10-19(11-9-16)29-13-12-28-18-6-4-3-5-7-18/h3-11,14H,2,12-13H2,1H3,(H,24,25,26,27)/b17-14-. The molecule has 1 heterocycles. The fourth-order valence-corrected chi connectivity index (χ4v) is 3.69. The first-order valence-corrected chi connectivity index (χ1v) is 11.2. The third kappa shape index (κ3) is 7.13. The Kier molecular flexibility index (Phi) is 8.46. The van der Waals surface area contributed by atoms with E-state index in [9.17, 15) is 10.1 Å². The molecule has 158 valence electrons. The van der Waals surface area contributed by atoms with Gasteiger partial charge in [-0.25, -0.2) is 0 Å². The number of hydrogen-bond donors (Lipinski definition) is 1. The molecule has 3 rings (SSSR count). The van der Waals surface area contributed by atoms with Crippen molar-refractivity contribution in [1.29, 1.82) is 5.26 Å². The van der Waals surface area contributed by atoms with Gasteiger partial charge in [-0.05, 0) is 41.7 Å². The highest BCUT2D eigenvalue weighted by atomic mass is 32.2. The van der Waals surface area contributed by atoms with E-state index in [4.69, 9.17) is 9.47 Å². The molecular weight excluding hydrogens is 432 g/mol. The number of para-hydroxylation sites is 1. The molecule has 9 heteroatoms. The van der Waals surface area contributed by atoms with E-state index in [1.807, 2.05) is 43.3 Å². The Morgan fingerprint density at radius 1 is 1.13 bits per heavy atom. The van der Waals surface area contributed by atoms with Gasteiger partial charge in [0.2, 0.25) is 10.3 Å². The predicted octanol–water partition coefficient (Wildman–Crippen LogP) is 4.65. The van der Waals surface area contributed by atoms with Crippen LogP contribution in [0.25, 0.3) is 6.08 Å². The van der Waals surface area contributed by atoms with Crippen molar-refractivity contribution in [3.8, 4) is 17.6 Å². The molecule has 0 spiro atoms. The number of nitrogens with zero attached hydrogens (tertiary/aromatic N) is 3. The van der Waals surface area contributed by atoms with E-state index in [0.717, 1.165) is 23.0 Å². The second kappa shape index (κ2) is 11.7. The Labute approximate surface area is 188 Å². The number of thioether (sulfide) groups is 1. The van der Waals surface area contributed by atoms with Crippen LogP contribution in [0.2, 0.25) is 0 Å². The lowest BCUT2D eigenvalue weighted by Gasteiger charge is -2.08. The largest absolute Gasteiger partial charge is 0.490 e. The Bertz CT molecular complexity index is 1060. The molecule has 0 aliphatic carbocycles. The van der Waals surface area contributed by atoms with Crippen molar-refractivity contribution in [1.82, 2.24) is 9.36 Å². The molecule has 0 saturated carbocycles. The highest BCUT2D eigenvalue weighted by Crippen LogP contribution is 2.20. The average molecular weight is 453 g/mol. The molecule has 0 fully saturated rings. The maximum Gasteiger partial charge on any atom is 0.268 e. The van der Waals surface area contributed by atoms with E-state index in [-0.39, 0.29) is 5.57 Å². The molecule has 0 aliphatic rings. The van der Waals surface area contributed by atoms with Crippen molar-refractivity contribution in [2.75, 3.05) is 24.3 Å². The first-order chi connectivity index (χ1) is 15.2. The maximum atomic E-state index is 12.4. The van der Waals surface area contributed by atoms with Crippen LogP contribution in [0.5, 0.6) is 11.5 Å². The normalized spacial score (nSPS) is 10.9. The van der Waals surface area contributed by atoms with Crippen molar-refractivity contribution in [3.63, 3.8) is 0 Å². The molecule has 1 amide bonds. The number of nitriles is 1. The number of ether oxygens (including phenoxy) is 2. The molecule has 1 N–H and O–H groups in total. The minimum absolute atomic E-state index is 0.0233. The van der Waals surface area contributed by atoms with Crippen LogP contribution in [-0.4, -0.2) is 34.2 Å². The Hall–Kier alpha value is -3.35. The third-order valence-electron chi connectivity index (χ3n) is 3.82. The van der Waals surface area contributed by atoms with Gasteiger partial charge in [0.25, 0.3) is 5.91 Å². The third-order valence-corrected chi connectivity index (χ3v) is 5.30. The van der Waals surface area contributed by atoms with Crippen molar-refractivity contribution < 1.29 is 14.3 Å². The molecule has 0 aliphatic heterocycles. The van der Waals surface area contributed by atoms with E-state index in [2.05, 4.69) is 14.7 Å². The molecule has 2 aromatic carbocycles. The van der Waals surface area contributed by atoms with Gasteiger partial charge in [-0.1, -0.05) is 49.0 Å². The smallest absolute Gasteiger partial charge is 0.268 e. The van der Waals surface area contributed by atoms with Crippen molar-refractivity contribution in [2.45, 2.75) is 12.1 Å². The molecule has 7 nitrogen and oxygen atoms in total. The van der Waals surface area contributed by atoms with Gasteiger partial charge in [-0.2, -0.15) is 14.6 Å². The second-order valence-electron chi connectivity index (χ2n) is 6.02. The van der Waals surface area contributed by atoms with Gasteiger partial charge < -0.3 is 9.47 Å². The zero-order chi connectivity index (χ0) is 21.9. The first kappa shape index (κ1) is 22.3. The molecule has 1 aromatic heterocycles. The summed E-state index contributed by atoms with van der Waals surface area (Å²) in [6, 6.07) is 18.6. The quantitative estimate of drug-likeness (QED) is 0.207. The summed E-state index contributed by atoms with van der Waals surface area (Å²) in [4.78, 5) is 16.6. The molecular formula is C22H20N4O3S2. The number of carbonyl (C=O) groups is 1. The number of rotatable bonds is 10. The molecule has 0 atom stereocenters. The Balaban J connectivity index is 1.52. The SMILES string of the molecule is CCSc1nsc(NC(=O)/C(C#N)=C\c2ccc(OCCOc3ccccc3)cc2)n1. The van der Waals surface area contributed by atoms with E-state index < -0.39 is 5.91 Å². The number of aromatic nitrogens is 2. The van der Waals surface area contributed by atoms with Crippen molar-refractivity contribution >= 4 is 40.4 Å². The number of nitrogens with one attached hydrogen (secondary N) is 1. The summed E-state index contributed by atoms with van der Waals surface area (Å²) in [5.74, 6) is 1.78. The highest BCUT2D eigenvalue weighted by molar-refractivity contribution is 7.99. The summed E-state index contributed by atoms with van der Waals surface area (Å²) in [5, 5.41) is 12.9. The fourth-order valence-electron chi connectivity index (χ4n) is 2.42. The minimum Gasteiger partial charge on any atom is -0.490 e. The topological polar surface area (TPSA) is 97.1 Å². The van der Waals surface area contributed by atoms with Gasteiger partial charge in [-0.3, -0.25) is 10.1 Å². The number of amides is 1. The first-order valence-electron chi connectivity index (χ1n) is 9.48. The summed E-state index contributed by atoms with van der Waals surface area (Å²) in [6.07, 6.45) is 1.51. The van der Waals surface area contributed by atoms with Crippen LogP contribution in [0.3, 0.4) is 0 Å². The minimum atomic E-state index is -0.523. The van der Waals surface area contributed by atoms with E-state index in [0.29, 0.717) is 34.8 Å². The average Bonchev–Trinajstić information content (AvgIpc) is 3.23. The van der Waals surface area contributed by atoms with Gasteiger partial charge in [-0.15, -0.1) is 0 Å². The lowest BCUT2D eigenvalue weighted by molar-refractivity contribution is -0.112. The summed E-state index contributed by atoms with van der Waals surface area (Å²) >= 11 is 2.57. The van der Waals surface area contributed by atoms with Crippen LogP contribution in [0.4, 0.5) is 5.13 Å². The zero-order valence-electron chi connectivity index (χ0n) is 16.8. The number of carbonyl (C=O) groups excluding carboxylic acids is 1. The van der Waals surface area contributed by atoms with Crippen LogP contribution in [0.1, 0.15) is 12.5 Å². The summed E-state index contributed by atoms with van der Waals surface area (Å²) in [7, 11) is 0. The van der Waals surface area contributed by atoms with Crippen LogP contribution in [0, 0.1) is 11.3 Å².